The molecule has 0 radical (unpaired) electrons. The molecule has 3 aromatic rings. The molecule has 5 nitrogen and oxygen atoms in total. The highest BCUT2D eigenvalue weighted by Crippen LogP contribution is 2.38. The number of carbonyl (C=O) groups is 2. The van der Waals surface area contributed by atoms with E-state index in [-0.39, 0.29) is 18.2 Å². The fourth-order valence-electron chi connectivity index (χ4n) is 3.36. The lowest BCUT2D eigenvalue weighted by Crippen LogP contribution is -2.22. The number of fused-ring (bicyclic) bond motifs is 1. The van der Waals surface area contributed by atoms with Crippen molar-refractivity contribution in [3.05, 3.63) is 81.6 Å². The van der Waals surface area contributed by atoms with Gasteiger partial charge in [-0.1, -0.05) is 24.3 Å². The molecule has 7 heteroatoms. The van der Waals surface area contributed by atoms with Gasteiger partial charge in [-0.25, -0.2) is 9.37 Å². The zero-order valence-corrected chi connectivity index (χ0v) is 15.4. The fourth-order valence-corrected chi connectivity index (χ4v) is 4.06. The van der Waals surface area contributed by atoms with Crippen molar-refractivity contribution in [3.8, 4) is 0 Å². The van der Waals surface area contributed by atoms with E-state index < -0.39 is 11.8 Å². The van der Waals surface area contributed by atoms with E-state index in [4.69, 9.17) is 4.74 Å². The Bertz CT molecular complexity index is 1030. The Morgan fingerprint density at radius 2 is 2.04 bits per heavy atom. The Morgan fingerprint density at radius 3 is 2.75 bits per heavy atom. The van der Waals surface area contributed by atoms with Crippen molar-refractivity contribution >= 4 is 35.5 Å². The topological polar surface area (TPSA) is 68.6 Å². The first kappa shape index (κ1) is 18.2. The van der Waals surface area contributed by atoms with E-state index >= 15 is 0 Å². The number of ketones is 1. The molecule has 2 heterocycles. The summed E-state index contributed by atoms with van der Waals surface area (Å²) in [6.45, 7) is 0.398. The number of aliphatic imine (C=N–C) groups is 1. The van der Waals surface area contributed by atoms with Gasteiger partial charge in [-0.2, -0.15) is 0 Å². The third-order valence-corrected chi connectivity index (χ3v) is 5.52. The molecule has 2 unspecified atom stereocenters. The van der Waals surface area contributed by atoms with Gasteiger partial charge in [0.1, 0.15) is 23.3 Å². The van der Waals surface area contributed by atoms with Gasteiger partial charge < -0.3 is 4.74 Å². The lowest BCUT2D eigenvalue weighted by Gasteiger charge is -2.24. The number of benzene rings is 2. The smallest absolute Gasteiger partial charge is 0.293 e. The number of hydrogen-bond donors (Lipinski definition) is 0. The minimum absolute atomic E-state index is 0.0322. The number of ether oxygens (including phenoxy) is 1. The molecule has 0 amide bonds. The van der Waals surface area contributed by atoms with Crippen LogP contribution in [0.2, 0.25) is 0 Å². The molecule has 0 aliphatic carbocycles. The van der Waals surface area contributed by atoms with E-state index in [0.29, 0.717) is 28.3 Å². The normalized spacial score (nSPS) is 16.5. The van der Waals surface area contributed by atoms with Crippen LogP contribution in [0.5, 0.6) is 0 Å². The molecule has 4 rings (SSSR count). The number of Topliss-reactive ketones (excluding diaryl/α,β-unsaturated/α-hetero) is 1. The first-order valence-corrected chi connectivity index (χ1v) is 9.48. The minimum Gasteiger partial charge on any atom is -0.467 e. The molecular weight excluding hydrogens is 379 g/mol. The maximum Gasteiger partial charge on any atom is 0.293 e. The molecule has 1 aliphatic heterocycles. The maximum absolute atomic E-state index is 13.4. The summed E-state index contributed by atoms with van der Waals surface area (Å²) in [5.74, 6) is -1.43. The van der Waals surface area contributed by atoms with E-state index in [1.54, 1.807) is 36.7 Å². The number of carbonyl (C=O) groups excluding carboxylic acids is 2. The van der Waals surface area contributed by atoms with Gasteiger partial charge in [-0.3, -0.25) is 14.6 Å². The molecule has 0 saturated carbocycles. The lowest BCUT2D eigenvalue weighted by molar-refractivity contribution is -0.128. The number of thiazole rings is 1. The number of hydrogen-bond acceptors (Lipinski definition) is 6. The lowest BCUT2D eigenvalue weighted by atomic mass is 9.83. The second kappa shape index (κ2) is 7.82. The number of nitrogens with zero attached hydrogens (tertiary/aromatic N) is 2. The minimum atomic E-state index is -0.547. The van der Waals surface area contributed by atoms with Crippen LogP contribution in [0, 0.1) is 5.82 Å². The van der Waals surface area contributed by atoms with Crippen LogP contribution in [0.15, 0.2) is 59.0 Å². The summed E-state index contributed by atoms with van der Waals surface area (Å²) >= 11 is 1.40. The molecule has 0 saturated heterocycles. The first-order chi connectivity index (χ1) is 13.7. The Hall–Kier alpha value is -3.19. The highest BCUT2D eigenvalue weighted by molar-refractivity contribution is 7.09. The summed E-state index contributed by atoms with van der Waals surface area (Å²) in [4.78, 5) is 32.8. The van der Waals surface area contributed by atoms with Gasteiger partial charge in [0.15, 0.2) is 5.78 Å². The van der Waals surface area contributed by atoms with Crippen LogP contribution in [0.25, 0.3) is 0 Å². The second-order valence-corrected chi connectivity index (χ2v) is 7.19. The van der Waals surface area contributed by atoms with Gasteiger partial charge in [0, 0.05) is 29.3 Å². The third kappa shape index (κ3) is 3.36. The Labute approximate surface area is 164 Å². The molecule has 28 heavy (non-hydrogen) atoms. The van der Waals surface area contributed by atoms with Crippen LogP contribution in [-0.2, 0) is 9.53 Å². The molecule has 1 aliphatic rings. The fraction of sp³-hybridized carbons (Fsp3) is 0.143. The SMILES string of the molecule is O=COCC(c1ccc(F)cc1)c1cccc2c1C(=O)C(c1nccs1)C=N2. The summed E-state index contributed by atoms with van der Waals surface area (Å²) in [5.41, 5.74) is 2.47. The molecular formula is C21H15FN2O3S. The summed E-state index contributed by atoms with van der Waals surface area (Å²) in [6.07, 6.45) is 3.27. The third-order valence-electron chi connectivity index (χ3n) is 4.66. The van der Waals surface area contributed by atoms with Crippen molar-refractivity contribution in [2.75, 3.05) is 6.61 Å². The average Bonchev–Trinajstić information content (AvgIpc) is 3.24. The van der Waals surface area contributed by atoms with E-state index in [2.05, 4.69) is 9.98 Å². The quantitative estimate of drug-likeness (QED) is 0.586. The van der Waals surface area contributed by atoms with Gasteiger partial charge in [0.2, 0.25) is 0 Å². The maximum atomic E-state index is 13.4. The van der Waals surface area contributed by atoms with E-state index in [1.807, 2.05) is 11.4 Å². The largest absolute Gasteiger partial charge is 0.467 e. The van der Waals surface area contributed by atoms with E-state index in [9.17, 15) is 14.0 Å². The number of halogens is 1. The van der Waals surface area contributed by atoms with Crippen molar-refractivity contribution in [2.45, 2.75) is 11.8 Å². The zero-order valence-electron chi connectivity index (χ0n) is 14.6. The highest BCUT2D eigenvalue weighted by atomic mass is 32.1. The molecule has 0 N–H and O–H groups in total. The van der Waals surface area contributed by atoms with Crippen LogP contribution in [-0.4, -0.2) is 30.1 Å². The van der Waals surface area contributed by atoms with Gasteiger partial charge >= 0.3 is 0 Å². The van der Waals surface area contributed by atoms with Crippen LogP contribution < -0.4 is 0 Å². The molecule has 2 atom stereocenters. The molecule has 0 bridgehead atoms. The van der Waals surface area contributed by atoms with Crippen molar-refractivity contribution in [1.29, 1.82) is 0 Å². The summed E-state index contributed by atoms with van der Waals surface area (Å²) in [7, 11) is 0. The number of rotatable bonds is 6. The highest BCUT2D eigenvalue weighted by Gasteiger charge is 2.32. The molecule has 1 aromatic heterocycles. The Kier molecular flexibility index (Phi) is 5.08. The Balaban J connectivity index is 1.81. The predicted octanol–water partition coefficient (Wildman–Crippen LogP) is 4.27. The van der Waals surface area contributed by atoms with Gasteiger partial charge in [0.05, 0.1) is 5.69 Å². The molecule has 2 aromatic carbocycles. The zero-order chi connectivity index (χ0) is 19.5. The van der Waals surface area contributed by atoms with Crippen molar-refractivity contribution < 1.29 is 18.7 Å². The van der Waals surface area contributed by atoms with Crippen LogP contribution in [0.3, 0.4) is 0 Å². The van der Waals surface area contributed by atoms with E-state index in [0.717, 1.165) is 5.56 Å². The van der Waals surface area contributed by atoms with Crippen LogP contribution in [0.4, 0.5) is 10.1 Å². The van der Waals surface area contributed by atoms with Gasteiger partial charge in [-0.05, 0) is 29.3 Å². The van der Waals surface area contributed by atoms with Crippen LogP contribution in [0.1, 0.15) is 38.3 Å². The molecule has 0 fully saturated rings. The average molecular weight is 394 g/mol. The summed E-state index contributed by atoms with van der Waals surface area (Å²) < 4.78 is 18.4. The molecule has 140 valence electrons. The predicted molar refractivity (Wildman–Crippen MR) is 104 cm³/mol. The van der Waals surface area contributed by atoms with Gasteiger partial charge in [0.25, 0.3) is 6.47 Å². The van der Waals surface area contributed by atoms with E-state index in [1.165, 1.54) is 23.5 Å². The van der Waals surface area contributed by atoms with Crippen molar-refractivity contribution in [3.63, 3.8) is 0 Å². The number of aromatic nitrogens is 1. The summed E-state index contributed by atoms with van der Waals surface area (Å²) in [5, 5.41) is 2.49. The van der Waals surface area contributed by atoms with Crippen molar-refractivity contribution in [1.82, 2.24) is 4.98 Å². The standard InChI is InChI=1S/C21H15FN2O3S/c22-14-6-4-13(5-7-14)17(11-27-12-25)15-2-1-3-18-19(15)20(26)16(10-24-18)21-23-8-9-28-21/h1-10,12,16-17H,11H2. The Morgan fingerprint density at radius 1 is 1.21 bits per heavy atom. The monoisotopic (exact) mass is 394 g/mol. The van der Waals surface area contributed by atoms with Gasteiger partial charge in [-0.15, -0.1) is 11.3 Å². The second-order valence-electron chi connectivity index (χ2n) is 6.27. The molecule has 0 spiro atoms. The van der Waals surface area contributed by atoms with Crippen LogP contribution >= 0.6 is 11.3 Å². The summed E-state index contributed by atoms with van der Waals surface area (Å²) in [6, 6.07) is 11.3. The first-order valence-electron chi connectivity index (χ1n) is 8.60. The van der Waals surface area contributed by atoms with Crippen molar-refractivity contribution in [2.24, 2.45) is 4.99 Å².